The van der Waals surface area contributed by atoms with E-state index in [0.29, 0.717) is 18.9 Å². The Morgan fingerprint density at radius 3 is 2.71 bits per heavy atom. The number of hydrogen-bond acceptors (Lipinski definition) is 8. The van der Waals surface area contributed by atoms with E-state index in [1.54, 1.807) is 20.0 Å². The van der Waals surface area contributed by atoms with Crippen LogP contribution in [-0.4, -0.2) is 70.5 Å². The number of amides is 1. The molecule has 1 fully saturated rings. The molecule has 1 saturated heterocycles. The molecule has 0 aliphatic carbocycles. The molecule has 3 aromatic rings. The van der Waals surface area contributed by atoms with Gasteiger partial charge in [-0.15, -0.1) is 0 Å². The van der Waals surface area contributed by atoms with E-state index in [2.05, 4.69) is 20.3 Å². The van der Waals surface area contributed by atoms with E-state index < -0.39 is 30.7 Å². The molecule has 5 rings (SSSR count). The molecule has 218 valence electrons. The predicted octanol–water partition coefficient (Wildman–Crippen LogP) is 4.61. The summed E-state index contributed by atoms with van der Waals surface area (Å²) in [5.41, 5.74) is 2.03. The summed E-state index contributed by atoms with van der Waals surface area (Å²) in [5, 5.41) is 3.37. The highest BCUT2D eigenvalue weighted by atomic mass is 19.3. The van der Waals surface area contributed by atoms with Gasteiger partial charge >= 0.3 is 0 Å². The van der Waals surface area contributed by atoms with Crippen LogP contribution in [0.3, 0.4) is 0 Å². The van der Waals surface area contributed by atoms with E-state index >= 15 is 0 Å². The fourth-order valence-electron chi connectivity index (χ4n) is 5.14. The van der Waals surface area contributed by atoms with Crippen molar-refractivity contribution in [3.8, 4) is 17.2 Å². The van der Waals surface area contributed by atoms with Crippen LogP contribution in [0.15, 0.2) is 43.0 Å². The van der Waals surface area contributed by atoms with Crippen LogP contribution in [0.2, 0.25) is 0 Å². The van der Waals surface area contributed by atoms with Crippen molar-refractivity contribution in [2.75, 3.05) is 31.1 Å². The summed E-state index contributed by atoms with van der Waals surface area (Å²) < 4.78 is 53.1. The summed E-state index contributed by atoms with van der Waals surface area (Å²) in [6, 6.07) is 4.85. The van der Waals surface area contributed by atoms with Crippen LogP contribution < -0.4 is 19.7 Å². The molecule has 12 heteroatoms. The molecule has 2 aliphatic rings. The van der Waals surface area contributed by atoms with E-state index in [1.807, 2.05) is 11.0 Å². The zero-order chi connectivity index (χ0) is 28.9. The van der Waals surface area contributed by atoms with Gasteiger partial charge in [-0.3, -0.25) is 9.78 Å². The van der Waals surface area contributed by atoms with E-state index in [4.69, 9.17) is 9.47 Å². The number of nitrogens with one attached hydrogen (secondary N) is 1. The van der Waals surface area contributed by atoms with Gasteiger partial charge in [0.1, 0.15) is 29.7 Å². The largest absolute Gasteiger partial charge is 0.490 e. The number of pyridine rings is 1. The smallest absolute Gasteiger partial charge is 0.258 e. The lowest BCUT2D eigenvalue weighted by Gasteiger charge is -2.34. The van der Waals surface area contributed by atoms with E-state index in [0.717, 1.165) is 66.4 Å². The molecule has 0 atom stereocenters. The van der Waals surface area contributed by atoms with Crippen molar-refractivity contribution >= 4 is 11.7 Å². The van der Waals surface area contributed by atoms with Crippen molar-refractivity contribution in [2.45, 2.75) is 58.2 Å². The first-order chi connectivity index (χ1) is 19.8. The first-order valence-corrected chi connectivity index (χ1v) is 13.8. The molecular formula is C29H33F3N6O3. The van der Waals surface area contributed by atoms with E-state index in [1.165, 1.54) is 18.6 Å². The maximum Gasteiger partial charge on any atom is 0.258 e. The maximum atomic E-state index is 14.2. The van der Waals surface area contributed by atoms with Gasteiger partial charge in [0.05, 0.1) is 18.3 Å². The standard InChI is InChI=1S/C29H33F3N6O3/c1-18(2)38(16-27(31)32)29(39)21-13-19(30)3-4-24(21)41-26-15-34-17-36-28(26)37-11-7-20(8-12-37)40-25-6-10-35-23-5-9-33-14-22(23)25/h3-4,6,10,13,15,17-18,20,27,33H,5,7-9,11-12,14,16H2,1-2H3. The Kier molecular flexibility index (Phi) is 8.87. The summed E-state index contributed by atoms with van der Waals surface area (Å²) >= 11 is 0. The number of rotatable bonds is 9. The number of nitrogens with zero attached hydrogens (tertiary/aromatic N) is 5. The first-order valence-electron chi connectivity index (χ1n) is 13.8. The number of carbonyl (C=O) groups excluding carboxylic acids is 1. The lowest BCUT2D eigenvalue weighted by Crippen LogP contribution is -2.40. The Bertz CT molecular complexity index is 1370. The number of hydrogen-bond donors (Lipinski definition) is 1. The zero-order valence-corrected chi connectivity index (χ0v) is 23.0. The van der Waals surface area contributed by atoms with Crippen LogP contribution in [0.4, 0.5) is 19.0 Å². The fraction of sp³-hybridized carbons (Fsp3) is 0.448. The van der Waals surface area contributed by atoms with Crippen LogP contribution in [0.1, 0.15) is 48.3 Å². The van der Waals surface area contributed by atoms with E-state index in [9.17, 15) is 18.0 Å². The molecule has 1 aromatic carbocycles. The minimum Gasteiger partial charge on any atom is -0.490 e. The molecule has 2 aromatic heterocycles. The van der Waals surface area contributed by atoms with Crippen molar-refractivity contribution in [1.29, 1.82) is 0 Å². The monoisotopic (exact) mass is 570 g/mol. The molecule has 41 heavy (non-hydrogen) atoms. The van der Waals surface area contributed by atoms with Crippen molar-refractivity contribution in [3.63, 3.8) is 0 Å². The summed E-state index contributed by atoms with van der Waals surface area (Å²) in [6.07, 6.45) is 4.31. The van der Waals surface area contributed by atoms with Crippen molar-refractivity contribution in [2.24, 2.45) is 0 Å². The zero-order valence-electron chi connectivity index (χ0n) is 23.0. The highest BCUT2D eigenvalue weighted by Gasteiger charge is 2.28. The second kappa shape index (κ2) is 12.7. The van der Waals surface area contributed by atoms with Crippen LogP contribution in [-0.2, 0) is 13.0 Å². The van der Waals surface area contributed by atoms with Gasteiger partial charge in [0, 0.05) is 68.9 Å². The highest BCUT2D eigenvalue weighted by molar-refractivity contribution is 5.97. The SMILES string of the molecule is CC(C)N(CC(F)F)C(=O)c1cc(F)ccc1Oc1cncnc1N1CCC(Oc2ccnc3c2CNCC3)CC1. The third kappa shape index (κ3) is 6.70. The number of piperidine rings is 1. The lowest BCUT2D eigenvalue weighted by molar-refractivity contribution is 0.0473. The quantitative estimate of drug-likeness (QED) is 0.399. The van der Waals surface area contributed by atoms with Gasteiger partial charge in [-0.1, -0.05) is 0 Å². The van der Waals surface area contributed by atoms with Crippen LogP contribution in [0.25, 0.3) is 0 Å². The van der Waals surface area contributed by atoms with E-state index in [-0.39, 0.29) is 23.2 Å². The average Bonchev–Trinajstić information content (AvgIpc) is 2.97. The Morgan fingerprint density at radius 1 is 1.15 bits per heavy atom. The summed E-state index contributed by atoms with van der Waals surface area (Å²) in [7, 11) is 0. The average molecular weight is 571 g/mol. The molecule has 0 bridgehead atoms. The number of ether oxygens (including phenoxy) is 2. The Morgan fingerprint density at radius 2 is 1.95 bits per heavy atom. The molecule has 9 nitrogen and oxygen atoms in total. The molecule has 1 N–H and O–H groups in total. The Labute approximate surface area is 236 Å². The number of anilines is 1. The molecule has 0 radical (unpaired) electrons. The first kappa shape index (κ1) is 28.6. The summed E-state index contributed by atoms with van der Waals surface area (Å²) in [5.74, 6) is 0.245. The number of alkyl halides is 2. The predicted molar refractivity (Wildman–Crippen MR) is 146 cm³/mol. The van der Waals surface area contributed by atoms with Gasteiger partial charge < -0.3 is 24.6 Å². The second-order valence-electron chi connectivity index (χ2n) is 10.4. The Hall–Kier alpha value is -3.93. The third-order valence-corrected chi connectivity index (χ3v) is 7.25. The second-order valence-corrected chi connectivity index (χ2v) is 10.4. The molecule has 4 heterocycles. The normalized spacial score (nSPS) is 15.6. The number of benzene rings is 1. The van der Waals surface area contributed by atoms with Crippen molar-refractivity contribution in [1.82, 2.24) is 25.2 Å². The molecular weight excluding hydrogens is 537 g/mol. The van der Waals surface area contributed by atoms with Gasteiger partial charge in [0.15, 0.2) is 11.6 Å². The van der Waals surface area contributed by atoms with Gasteiger partial charge in [0.25, 0.3) is 12.3 Å². The molecule has 2 aliphatic heterocycles. The third-order valence-electron chi connectivity index (χ3n) is 7.25. The number of aromatic nitrogens is 3. The number of fused-ring (bicyclic) bond motifs is 1. The van der Waals surface area contributed by atoms with Crippen molar-refractivity contribution < 1.29 is 27.4 Å². The lowest BCUT2D eigenvalue weighted by atomic mass is 10.0. The number of carbonyl (C=O) groups is 1. The minimum atomic E-state index is -2.74. The highest BCUT2D eigenvalue weighted by Crippen LogP contribution is 2.35. The van der Waals surface area contributed by atoms with Crippen molar-refractivity contribution in [3.05, 3.63) is 65.6 Å². The van der Waals surface area contributed by atoms with Gasteiger partial charge in [-0.25, -0.2) is 23.1 Å². The van der Waals surface area contributed by atoms with Gasteiger partial charge in [0.2, 0.25) is 0 Å². The van der Waals surface area contributed by atoms with Crippen LogP contribution in [0, 0.1) is 5.82 Å². The van der Waals surface area contributed by atoms with Crippen LogP contribution in [0.5, 0.6) is 17.2 Å². The minimum absolute atomic E-state index is 0.0176. The van der Waals surface area contributed by atoms with Gasteiger partial charge in [-0.05, 0) is 38.1 Å². The molecule has 0 spiro atoms. The maximum absolute atomic E-state index is 14.2. The summed E-state index contributed by atoms with van der Waals surface area (Å²) in [4.78, 5) is 29.3. The topological polar surface area (TPSA) is 92.7 Å². The fourth-order valence-corrected chi connectivity index (χ4v) is 5.14. The Balaban J connectivity index is 1.31. The van der Waals surface area contributed by atoms with Gasteiger partial charge in [-0.2, -0.15) is 0 Å². The molecule has 0 saturated carbocycles. The summed E-state index contributed by atoms with van der Waals surface area (Å²) in [6.45, 7) is 5.38. The molecule has 0 unspecified atom stereocenters. The number of halogens is 3. The van der Waals surface area contributed by atoms with Crippen LogP contribution >= 0.6 is 0 Å². The molecule has 1 amide bonds.